The van der Waals surface area contributed by atoms with E-state index in [1.807, 2.05) is 17.9 Å². The molecular formula is C17H27F3IN5O. The van der Waals surface area contributed by atoms with Gasteiger partial charge in [-0.25, -0.2) is 4.99 Å². The maximum absolute atomic E-state index is 12.8. The molecule has 1 atom stereocenters. The van der Waals surface area contributed by atoms with Crippen LogP contribution in [0, 0.1) is 0 Å². The number of nitrogens with zero attached hydrogens (tertiary/aromatic N) is 4. The van der Waals surface area contributed by atoms with Gasteiger partial charge in [0.05, 0.1) is 12.7 Å². The lowest BCUT2D eigenvalue weighted by Crippen LogP contribution is -2.56. The van der Waals surface area contributed by atoms with Gasteiger partial charge in [0, 0.05) is 38.9 Å². The maximum Gasteiger partial charge on any atom is 0.403 e. The van der Waals surface area contributed by atoms with E-state index in [0.717, 1.165) is 0 Å². The fourth-order valence-electron chi connectivity index (χ4n) is 2.70. The first-order chi connectivity index (χ1) is 12.4. The van der Waals surface area contributed by atoms with E-state index in [2.05, 4.69) is 15.3 Å². The van der Waals surface area contributed by atoms with Gasteiger partial charge < -0.3 is 15.0 Å². The fourth-order valence-corrected chi connectivity index (χ4v) is 2.70. The highest BCUT2D eigenvalue weighted by Crippen LogP contribution is 2.25. The molecule has 10 heteroatoms. The van der Waals surface area contributed by atoms with Crippen molar-refractivity contribution in [3.8, 4) is 5.75 Å². The molecule has 27 heavy (non-hydrogen) atoms. The third kappa shape index (κ3) is 7.68. The first kappa shape index (κ1) is 23.7. The van der Waals surface area contributed by atoms with Crippen LogP contribution in [-0.4, -0.2) is 78.8 Å². The van der Waals surface area contributed by atoms with Gasteiger partial charge >= 0.3 is 6.18 Å². The second kappa shape index (κ2) is 11.5. The number of guanidine groups is 1. The lowest BCUT2D eigenvalue weighted by atomic mass is 10.2. The number of hydrogen-bond donors (Lipinski definition) is 1. The zero-order valence-electron chi connectivity index (χ0n) is 15.6. The van der Waals surface area contributed by atoms with Crippen LogP contribution in [0.2, 0.25) is 0 Å². The van der Waals surface area contributed by atoms with Crippen molar-refractivity contribution >= 4 is 29.9 Å². The summed E-state index contributed by atoms with van der Waals surface area (Å²) < 4.78 is 44.1. The summed E-state index contributed by atoms with van der Waals surface area (Å²) in [5.41, 5.74) is 0. The normalized spacial score (nSPS) is 17.2. The van der Waals surface area contributed by atoms with E-state index in [-0.39, 0.29) is 24.0 Å². The molecule has 1 aromatic rings. The van der Waals surface area contributed by atoms with Gasteiger partial charge in [0.25, 0.3) is 0 Å². The van der Waals surface area contributed by atoms with E-state index < -0.39 is 12.2 Å². The molecule has 1 fully saturated rings. The number of alkyl halides is 3. The molecule has 1 unspecified atom stereocenters. The largest absolute Gasteiger partial charge is 0.490 e. The summed E-state index contributed by atoms with van der Waals surface area (Å²) in [5, 5.41) is 3.19. The monoisotopic (exact) mass is 501 g/mol. The number of aliphatic imine (C=N–C) groups is 1. The highest BCUT2D eigenvalue weighted by molar-refractivity contribution is 14.0. The summed E-state index contributed by atoms with van der Waals surface area (Å²) in [4.78, 5) is 11.9. The molecule has 6 nitrogen and oxygen atoms in total. The van der Waals surface area contributed by atoms with Gasteiger partial charge in [-0.05, 0) is 26.0 Å². The summed E-state index contributed by atoms with van der Waals surface area (Å²) in [5.74, 6) is 1.39. The van der Waals surface area contributed by atoms with E-state index in [1.54, 1.807) is 18.5 Å². The zero-order chi connectivity index (χ0) is 19.0. The molecule has 0 spiro atoms. The summed E-state index contributed by atoms with van der Waals surface area (Å²) in [6.45, 7) is 6.47. The van der Waals surface area contributed by atoms with Crippen LogP contribution in [0.25, 0.3) is 0 Å². The fraction of sp³-hybridized carbons (Fsp3) is 0.647. The minimum atomic E-state index is -4.19. The number of ether oxygens (including phenoxy) is 1. The summed E-state index contributed by atoms with van der Waals surface area (Å²) >= 11 is 0. The minimum absolute atomic E-state index is 0. The van der Waals surface area contributed by atoms with E-state index in [1.165, 1.54) is 11.8 Å². The number of rotatable bonds is 6. The molecule has 0 amide bonds. The van der Waals surface area contributed by atoms with Crippen LogP contribution < -0.4 is 10.1 Å². The molecule has 0 aliphatic carbocycles. The quantitative estimate of drug-likeness (QED) is 0.281. The Morgan fingerprint density at radius 3 is 2.59 bits per heavy atom. The molecular weight excluding hydrogens is 474 g/mol. The maximum atomic E-state index is 12.8. The molecule has 0 saturated carbocycles. The van der Waals surface area contributed by atoms with Crippen LogP contribution >= 0.6 is 24.0 Å². The van der Waals surface area contributed by atoms with Crippen molar-refractivity contribution < 1.29 is 17.9 Å². The number of pyridine rings is 1. The van der Waals surface area contributed by atoms with Crippen molar-refractivity contribution in [1.29, 1.82) is 0 Å². The van der Waals surface area contributed by atoms with Crippen LogP contribution in [0.4, 0.5) is 13.2 Å². The number of piperazine rings is 1. The van der Waals surface area contributed by atoms with Gasteiger partial charge in [0.1, 0.15) is 18.4 Å². The van der Waals surface area contributed by atoms with Crippen molar-refractivity contribution in [3.05, 3.63) is 24.5 Å². The molecule has 1 aliphatic heterocycles. The Morgan fingerprint density at radius 2 is 2.04 bits per heavy atom. The van der Waals surface area contributed by atoms with Crippen LogP contribution in [0.1, 0.15) is 13.8 Å². The molecule has 1 aromatic heterocycles. The molecule has 0 bridgehead atoms. The smallest absolute Gasteiger partial charge is 0.403 e. The van der Waals surface area contributed by atoms with E-state index >= 15 is 0 Å². The van der Waals surface area contributed by atoms with Crippen LogP contribution in [0.15, 0.2) is 29.5 Å². The van der Waals surface area contributed by atoms with Crippen molar-refractivity contribution in [3.63, 3.8) is 0 Å². The highest BCUT2D eigenvalue weighted by Gasteiger charge is 2.41. The first-order valence-electron chi connectivity index (χ1n) is 8.78. The van der Waals surface area contributed by atoms with E-state index in [0.29, 0.717) is 57.6 Å². The molecule has 0 radical (unpaired) electrons. The summed E-state index contributed by atoms with van der Waals surface area (Å²) in [6.07, 6.45) is -0.881. The lowest BCUT2D eigenvalue weighted by molar-refractivity contribution is -0.181. The van der Waals surface area contributed by atoms with Crippen LogP contribution in [0.5, 0.6) is 5.75 Å². The number of hydrogen-bond acceptors (Lipinski definition) is 4. The molecule has 0 aromatic carbocycles. The van der Waals surface area contributed by atoms with Crippen LogP contribution in [-0.2, 0) is 0 Å². The van der Waals surface area contributed by atoms with Gasteiger partial charge in [0.15, 0.2) is 5.96 Å². The average molecular weight is 501 g/mol. The van der Waals surface area contributed by atoms with Crippen molar-refractivity contribution in [2.45, 2.75) is 26.1 Å². The Balaban J connectivity index is 0.00000364. The molecule has 1 aliphatic rings. The van der Waals surface area contributed by atoms with Gasteiger partial charge in [-0.3, -0.25) is 9.88 Å². The number of nitrogens with one attached hydrogen (secondary N) is 1. The Labute approximate surface area is 175 Å². The third-order valence-corrected chi connectivity index (χ3v) is 4.23. The second-order valence-electron chi connectivity index (χ2n) is 6.01. The SMILES string of the molecule is CCNC(=NCCOc1cccnc1)N1CCN(C(C)C(F)(F)F)CC1.I. The average Bonchev–Trinajstić information content (AvgIpc) is 2.64. The standard InChI is InChI=1S/C17H26F3N5O.HI/c1-3-22-16(23-7-12-26-15-5-4-6-21-13-15)25-10-8-24(9-11-25)14(2)17(18,19)20;/h4-6,13-14H,3,7-12H2,1-2H3,(H,22,23);1H. The molecule has 2 rings (SSSR count). The minimum Gasteiger partial charge on any atom is -0.490 e. The molecule has 1 saturated heterocycles. The highest BCUT2D eigenvalue weighted by atomic mass is 127. The molecule has 1 N–H and O–H groups in total. The second-order valence-corrected chi connectivity index (χ2v) is 6.01. The Hall–Kier alpha value is -1.30. The van der Waals surface area contributed by atoms with Gasteiger partial charge in [-0.2, -0.15) is 13.2 Å². The number of aromatic nitrogens is 1. The zero-order valence-corrected chi connectivity index (χ0v) is 17.9. The molecule has 154 valence electrons. The molecule has 2 heterocycles. The Bertz CT molecular complexity index is 565. The summed E-state index contributed by atoms with van der Waals surface area (Å²) in [6, 6.07) is 2.20. The van der Waals surface area contributed by atoms with Crippen LogP contribution in [0.3, 0.4) is 0 Å². The van der Waals surface area contributed by atoms with Gasteiger partial charge in [0.2, 0.25) is 0 Å². The van der Waals surface area contributed by atoms with Crippen molar-refractivity contribution in [2.75, 3.05) is 45.9 Å². The van der Waals surface area contributed by atoms with E-state index in [9.17, 15) is 13.2 Å². The topological polar surface area (TPSA) is 53.0 Å². The third-order valence-electron chi connectivity index (χ3n) is 4.23. The number of halogens is 4. The Kier molecular flexibility index (Phi) is 10.1. The summed E-state index contributed by atoms with van der Waals surface area (Å²) in [7, 11) is 0. The first-order valence-corrected chi connectivity index (χ1v) is 8.78. The Morgan fingerprint density at radius 1 is 1.33 bits per heavy atom. The lowest BCUT2D eigenvalue weighted by Gasteiger charge is -2.39. The van der Waals surface area contributed by atoms with Crippen molar-refractivity contribution in [2.24, 2.45) is 4.99 Å². The van der Waals surface area contributed by atoms with Gasteiger partial charge in [-0.15, -0.1) is 24.0 Å². The van der Waals surface area contributed by atoms with Gasteiger partial charge in [-0.1, -0.05) is 0 Å². The predicted molar refractivity (Wildman–Crippen MR) is 110 cm³/mol. The van der Waals surface area contributed by atoms with Crippen molar-refractivity contribution in [1.82, 2.24) is 20.1 Å². The predicted octanol–water partition coefficient (Wildman–Crippen LogP) is 2.61. The van der Waals surface area contributed by atoms with E-state index in [4.69, 9.17) is 4.74 Å².